The van der Waals surface area contributed by atoms with Gasteiger partial charge in [0.15, 0.2) is 0 Å². The maximum atomic E-state index is 3.65. The van der Waals surface area contributed by atoms with Crippen LogP contribution >= 0.6 is 11.3 Å². The zero-order valence-electron chi connectivity index (χ0n) is 10.6. The molecule has 0 aromatic carbocycles. The van der Waals surface area contributed by atoms with Crippen LogP contribution in [0.1, 0.15) is 38.5 Å². The monoisotopic (exact) mass is 237 g/mol. The minimum atomic E-state index is 0.484. The summed E-state index contributed by atoms with van der Waals surface area (Å²) in [7, 11) is 0. The molecule has 2 atom stereocenters. The number of nitrogens with one attached hydrogen (secondary N) is 1. The number of rotatable bonds is 6. The highest BCUT2D eigenvalue weighted by Crippen LogP contribution is 2.56. The fourth-order valence-corrected chi connectivity index (χ4v) is 3.68. The van der Waals surface area contributed by atoms with Crippen LogP contribution in [-0.4, -0.2) is 13.1 Å². The Bertz CT molecular complexity index is 317. The Morgan fingerprint density at radius 3 is 2.88 bits per heavy atom. The van der Waals surface area contributed by atoms with Crippen LogP contribution in [0.4, 0.5) is 0 Å². The van der Waals surface area contributed by atoms with Crippen molar-refractivity contribution in [3.05, 3.63) is 22.4 Å². The average Bonchev–Trinajstić information content (AvgIpc) is 2.73. The molecule has 1 aromatic heterocycles. The Kier molecular flexibility index (Phi) is 3.70. The molecule has 1 saturated carbocycles. The molecule has 1 heterocycles. The molecule has 1 aliphatic carbocycles. The van der Waals surface area contributed by atoms with E-state index in [1.165, 1.54) is 19.4 Å². The van der Waals surface area contributed by atoms with Crippen molar-refractivity contribution in [1.29, 1.82) is 0 Å². The van der Waals surface area contributed by atoms with Crippen LogP contribution in [0.3, 0.4) is 0 Å². The molecule has 2 heteroatoms. The van der Waals surface area contributed by atoms with Crippen LogP contribution in [0.5, 0.6) is 0 Å². The van der Waals surface area contributed by atoms with Gasteiger partial charge in [0.1, 0.15) is 0 Å². The lowest BCUT2D eigenvalue weighted by molar-refractivity contribution is 0.487. The lowest BCUT2D eigenvalue weighted by Gasteiger charge is -2.17. The van der Waals surface area contributed by atoms with Gasteiger partial charge in [0.05, 0.1) is 0 Å². The molecule has 0 radical (unpaired) electrons. The van der Waals surface area contributed by atoms with E-state index in [1.807, 2.05) is 11.3 Å². The second-order valence-corrected chi connectivity index (χ2v) is 6.42. The molecule has 0 aliphatic heterocycles. The third-order valence-corrected chi connectivity index (χ3v) is 4.82. The minimum absolute atomic E-state index is 0.484. The second kappa shape index (κ2) is 4.89. The summed E-state index contributed by atoms with van der Waals surface area (Å²) in [5, 5.41) is 5.86. The van der Waals surface area contributed by atoms with Gasteiger partial charge in [0.25, 0.3) is 0 Å². The predicted molar refractivity (Wildman–Crippen MR) is 72.1 cm³/mol. The molecule has 16 heavy (non-hydrogen) atoms. The quantitative estimate of drug-likeness (QED) is 0.796. The van der Waals surface area contributed by atoms with Gasteiger partial charge in [-0.15, -0.1) is 11.3 Å². The largest absolute Gasteiger partial charge is 0.316 e. The maximum absolute atomic E-state index is 3.65. The summed E-state index contributed by atoms with van der Waals surface area (Å²) in [6.07, 6.45) is 2.70. The van der Waals surface area contributed by atoms with Crippen LogP contribution in [0, 0.1) is 11.8 Å². The van der Waals surface area contributed by atoms with Crippen molar-refractivity contribution >= 4 is 11.3 Å². The van der Waals surface area contributed by atoms with Crippen LogP contribution in [0.2, 0.25) is 0 Å². The minimum Gasteiger partial charge on any atom is -0.316 e. The van der Waals surface area contributed by atoms with Crippen molar-refractivity contribution < 1.29 is 0 Å². The maximum Gasteiger partial charge on any atom is 0.0203 e. The highest BCUT2D eigenvalue weighted by Gasteiger charge is 2.54. The van der Waals surface area contributed by atoms with Gasteiger partial charge in [0.2, 0.25) is 0 Å². The summed E-state index contributed by atoms with van der Waals surface area (Å²) in [6, 6.07) is 4.51. The van der Waals surface area contributed by atoms with Crippen molar-refractivity contribution in [2.24, 2.45) is 11.8 Å². The van der Waals surface area contributed by atoms with Crippen molar-refractivity contribution in [2.45, 2.75) is 39.0 Å². The Morgan fingerprint density at radius 2 is 2.38 bits per heavy atom. The van der Waals surface area contributed by atoms with Gasteiger partial charge in [0, 0.05) is 16.8 Å². The van der Waals surface area contributed by atoms with Crippen LogP contribution < -0.4 is 5.32 Å². The Morgan fingerprint density at radius 1 is 1.56 bits per heavy atom. The fraction of sp³-hybridized carbons (Fsp3) is 0.714. The summed E-state index contributed by atoms with van der Waals surface area (Å²) in [5.41, 5.74) is 0.484. The third kappa shape index (κ3) is 2.33. The van der Waals surface area contributed by atoms with Crippen LogP contribution in [-0.2, 0) is 5.41 Å². The first kappa shape index (κ1) is 12.1. The molecule has 1 fully saturated rings. The first-order chi connectivity index (χ1) is 7.69. The molecule has 1 nitrogen and oxygen atoms in total. The molecule has 90 valence electrons. The SMILES string of the molecule is CCC1CC1(CNCC(C)C)c1cccs1. The average molecular weight is 237 g/mol. The molecule has 1 aromatic rings. The van der Waals surface area contributed by atoms with Crippen LogP contribution in [0.15, 0.2) is 17.5 Å². The Hall–Kier alpha value is -0.340. The van der Waals surface area contributed by atoms with Crippen molar-refractivity contribution in [2.75, 3.05) is 13.1 Å². The first-order valence-electron chi connectivity index (χ1n) is 6.43. The van der Waals surface area contributed by atoms with Crippen molar-refractivity contribution in [3.63, 3.8) is 0 Å². The standard InChI is InChI=1S/C14H23NS/c1-4-12-8-14(12,10-15-9-11(2)3)13-6-5-7-16-13/h5-7,11-12,15H,4,8-10H2,1-3H3. The van der Waals surface area contributed by atoms with E-state index in [2.05, 4.69) is 43.6 Å². The topological polar surface area (TPSA) is 12.0 Å². The molecular formula is C14H23NS. The molecule has 1 aliphatic rings. The lowest BCUT2D eigenvalue weighted by atomic mass is 10.00. The van der Waals surface area contributed by atoms with Crippen molar-refractivity contribution in [1.82, 2.24) is 5.32 Å². The Labute approximate surface area is 103 Å². The van der Waals surface area contributed by atoms with Gasteiger partial charge < -0.3 is 5.32 Å². The van der Waals surface area contributed by atoms with Gasteiger partial charge in [-0.05, 0) is 36.2 Å². The van der Waals surface area contributed by atoms with Crippen LogP contribution in [0.25, 0.3) is 0 Å². The van der Waals surface area contributed by atoms with E-state index in [9.17, 15) is 0 Å². The van der Waals surface area contributed by atoms with Crippen molar-refractivity contribution in [3.8, 4) is 0 Å². The van der Waals surface area contributed by atoms with Gasteiger partial charge >= 0.3 is 0 Å². The summed E-state index contributed by atoms with van der Waals surface area (Å²) in [4.78, 5) is 1.59. The van der Waals surface area contributed by atoms with Gasteiger partial charge in [-0.2, -0.15) is 0 Å². The zero-order chi connectivity index (χ0) is 11.6. The molecule has 0 amide bonds. The second-order valence-electron chi connectivity index (χ2n) is 5.47. The molecule has 1 N–H and O–H groups in total. The van der Waals surface area contributed by atoms with E-state index >= 15 is 0 Å². The molecule has 0 spiro atoms. The summed E-state index contributed by atoms with van der Waals surface area (Å²) < 4.78 is 0. The first-order valence-corrected chi connectivity index (χ1v) is 7.31. The number of hydrogen-bond acceptors (Lipinski definition) is 2. The zero-order valence-corrected chi connectivity index (χ0v) is 11.4. The summed E-state index contributed by atoms with van der Waals surface area (Å²) in [6.45, 7) is 9.18. The van der Waals surface area contributed by atoms with E-state index < -0.39 is 0 Å². The van der Waals surface area contributed by atoms with Gasteiger partial charge in [-0.3, -0.25) is 0 Å². The smallest absolute Gasteiger partial charge is 0.0203 e. The van der Waals surface area contributed by atoms with E-state index in [0.717, 1.165) is 18.4 Å². The van der Waals surface area contributed by atoms with E-state index in [4.69, 9.17) is 0 Å². The predicted octanol–water partition coefficient (Wildman–Crippen LogP) is 3.66. The fourth-order valence-electron chi connectivity index (χ4n) is 2.67. The normalized spacial score (nSPS) is 28.6. The van der Waals surface area contributed by atoms with Gasteiger partial charge in [-0.25, -0.2) is 0 Å². The molecule has 0 saturated heterocycles. The van der Waals surface area contributed by atoms with Gasteiger partial charge in [-0.1, -0.05) is 33.3 Å². The molecular weight excluding hydrogens is 214 g/mol. The number of hydrogen-bond donors (Lipinski definition) is 1. The summed E-state index contributed by atoms with van der Waals surface area (Å²) in [5.74, 6) is 1.66. The third-order valence-electron chi connectivity index (χ3n) is 3.73. The summed E-state index contributed by atoms with van der Waals surface area (Å²) >= 11 is 1.93. The highest BCUT2D eigenvalue weighted by atomic mass is 32.1. The molecule has 2 rings (SSSR count). The Balaban J connectivity index is 1.96. The number of thiophene rings is 1. The molecule has 2 unspecified atom stereocenters. The van der Waals surface area contributed by atoms with E-state index in [1.54, 1.807) is 4.88 Å². The van der Waals surface area contributed by atoms with E-state index in [-0.39, 0.29) is 0 Å². The highest BCUT2D eigenvalue weighted by molar-refractivity contribution is 7.10. The lowest BCUT2D eigenvalue weighted by Crippen LogP contribution is -2.30. The molecule has 0 bridgehead atoms. The van der Waals surface area contributed by atoms with E-state index in [0.29, 0.717) is 5.41 Å².